The van der Waals surface area contributed by atoms with Crippen molar-refractivity contribution in [1.29, 1.82) is 0 Å². The quantitative estimate of drug-likeness (QED) is 0.701. The van der Waals surface area contributed by atoms with Crippen molar-refractivity contribution < 1.29 is 9.84 Å². The van der Waals surface area contributed by atoms with E-state index in [1.54, 1.807) is 4.68 Å². The Kier molecular flexibility index (Phi) is 3.13. The summed E-state index contributed by atoms with van der Waals surface area (Å²) in [5, 5.41) is 12.8. The van der Waals surface area contributed by atoms with Gasteiger partial charge in [0.25, 0.3) is 0 Å². The third kappa shape index (κ3) is 1.92. The smallest absolute Gasteiger partial charge is 0.237 e. The van der Waals surface area contributed by atoms with Crippen LogP contribution in [-0.4, -0.2) is 28.1 Å². The number of aromatic nitrogens is 2. The normalized spacial score (nSPS) is 10.4. The number of aliphatic hydroxyl groups is 1. The van der Waals surface area contributed by atoms with Crippen LogP contribution in [0.5, 0.6) is 5.88 Å². The number of rotatable bonds is 4. The second-order valence-electron chi connectivity index (χ2n) is 2.70. The van der Waals surface area contributed by atoms with Crippen LogP contribution in [0.15, 0.2) is 0 Å². The second kappa shape index (κ2) is 4.13. The van der Waals surface area contributed by atoms with Gasteiger partial charge in [-0.15, -0.1) is 5.10 Å². The molecule has 0 aliphatic rings. The molecular weight excluding hydrogens is 170 g/mol. The van der Waals surface area contributed by atoms with Crippen molar-refractivity contribution >= 4 is 5.82 Å². The van der Waals surface area contributed by atoms with Crippen molar-refractivity contribution in [2.45, 2.75) is 20.4 Å². The lowest BCUT2D eigenvalue weighted by Gasteiger charge is -1.98. The van der Waals surface area contributed by atoms with Crippen LogP contribution in [0.25, 0.3) is 0 Å². The lowest BCUT2D eigenvalue weighted by Crippen LogP contribution is -2.07. The van der Waals surface area contributed by atoms with Gasteiger partial charge in [0.05, 0.1) is 25.3 Å². The molecule has 13 heavy (non-hydrogen) atoms. The van der Waals surface area contributed by atoms with Gasteiger partial charge in [-0.2, -0.15) is 0 Å². The number of ether oxygens (including phenoxy) is 1. The summed E-state index contributed by atoms with van der Waals surface area (Å²) in [7, 11) is 0. The van der Waals surface area contributed by atoms with Gasteiger partial charge < -0.3 is 15.6 Å². The van der Waals surface area contributed by atoms with E-state index in [9.17, 15) is 0 Å². The number of nitrogens with zero attached hydrogens (tertiary/aromatic N) is 2. The van der Waals surface area contributed by atoms with Gasteiger partial charge in [0.15, 0.2) is 0 Å². The molecule has 0 unspecified atom stereocenters. The summed E-state index contributed by atoms with van der Waals surface area (Å²) in [4.78, 5) is 0. The molecule has 5 nitrogen and oxygen atoms in total. The summed E-state index contributed by atoms with van der Waals surface area (Å²) < 4.78 is 6.79. The predicted molar refractivity (Wildman–Crippen MR) is 49.6 cm³/mol. The van der Waals surface area contributed by atoms with Crippen LogP contribution in [-0.2, 0) is 6.54 Å². The highest BCUT2D eigenvalue weighted by atomic mass is 16.5. The Morgan fingerprint density at radius 1 is 1.62 bits per heavy atom. The lowest BCUT2D eigenvalue weighted by atomic mass is 10.3. The van der Waals surface area contributed by atoms with Gasteiger partial charge in [-0.1, -0.05) is 0 Å². The first-order valence-corrected chi connectivity index (χ1v) is 4.27. The molecule has 0 amide bonds. The highest BCUT2D eigenvalue weighted by Gasteiger charge is 2.11. The fourth-order valence-electron chi connectivity index (χ4n) is 1.08. The molecule has 74 valence electrons. The van der Waals surface area contributed by atoms with Gasteiger partial charge in [-0.3, -0.25) is 0 Å². The summed E-state index contributed by atoms with van der Waals surface area (Å²) in [6.45, 7) is 4.73. The van der Waals surface area contributed by atoms with E-state index in [4.69, 9.17) is 15.6 Å². The SMILES string of the molecule is CCOc1nn(CCO)c(N)c1C. The Morgan fingerprint density at radius 3 is 2.85 bits per heavy atom. The molecule has 5 heteroatoms. The van der Waals surface area contributed by atoms with Crippen LogP contribution in [0, 0.1) is 6.92 Å². The van der Waals surface area contributed by atoms with Gasteiger partial charge in [-0.25, -0.2) is 4.68 Å². The van der Waals surface area contributed by atoms with E-state index in [1.165, 1.54) is 0 Å². The molecule has 0 fully saturated rings. The maximum Gasteiger partial charge on any atom is 0.237 e. The topological polar surface area (TPSA) is 73.3 Å². The molecule has 0 saturated carbocycles. The number of nitrogen functional groups attached to an aromatic ring is 1. The largest absolute Gasteiger partial charge is 0.477 e. The molecule has 1 aromatic heterocycles. The summed E-state index contributed by atoms with van der Waals surface area (Å²) in [6.07, 6.45) is 0. The molecule has 3 N–H and O–H groups in total. The zero-order valence-electron chi connectivity index (χ0n) is 7.95. The Labute approximate surface area is 77.1 Å². The van der Waals surface area contributed by atoms with Crippen molar-refractivity contribution in [3.8, 4) is 5.88 Å². The average Bonchev–Trinajstić information content (AvgIpc) is 2.36. The third-order valence-corrected chi connectivity index (χ3v) is 1.79. The van der Waals surface area contributed by atoms with Crippen LogP contribution >= 0.6 is 0 Å². The zero-order valence-corrected chi connectivity index (χ0v) is 7.95. The van der Waals surface area contributed by atoms with Gasteiger partial charge >= 0.3 is 0 Å². The molecule has 1 heterocycles. The van der Waals surface area contributed by atoms with Crippen molar-refractivity contribution in [2.24, 2.45) is 0 Å². The third-order valence-electron chi connectivity index (χ3n) is 1.79. The molecule has 0 aliphatic heterocycles. The first-order valence-electron chi connectivity index (χ1n) is 4.27. The number of hydrogen-bond acceptors (Lipinski definition) is 4. The summed E-state index contributed by atoms with van der Waals surface area (Å²) in [5.41, 5.74) is 6.56. The molecule has 0 aromatic carbocycles. The van der Waals surface area contributed by atoms with E-state index in [1.807, 2.05) is 13.8 Å². The number of hydrogen-bond donors (Lipinski definition) is 2. The molecule has 0 bridgehead atoms. The standard InChI is InChI=1S/C8H15N3O2/c1-3-13-8-6(2)7(9)11(10-8)4-5-12/h12H,3-5,9H2,1-2H3. The van der Waals surface area contributed by atoms with Gasteiger partial charge in [0.2, 0.25) is 5.88 Å². The fraction of sp³-hybridized carbons (Fsp3) is 0.625. The molecule has 0 saturated heterocycles. The number of nitrogens with two attached hydrogens (primary N) is 1. The molecule has 0 aliphatic carbocycles. The van der Waals surface area contributed by atoms with E-state index in [0.29, 0.717) is 24.8 Å². The Balaban J connectivity index is 2.90. The van der Waals surface area contributed by atoms with Gasteiger partial charge in [0, 0.05) is 0 Å². The van der Waals surface area contributed by atoms with E-state index in [0.717, 1.165) is 5.56 Å². The van der Waals surface area contributed by atoms with E-state index < -0.39 is 0 Å². The second-order valence-corrected chi connectivity index (χ2v) is 2.70. The number of aliphatic hydroxyl groups excluding tert-OH is 1. The van der Waals surface area contributed by atoms with Crippen molar-refractivity contribution in [2.75, 3.05) is 18.9 Å². The van der Waals surface area contributed by atoms with E-state index in [2.05, 4.69) is 5.10 Å². The van der Waals surface area contributed by atoms with Crippen molar-refractivity contribution in [3.63, 3.8) is 0 Å². The van der Waals surface area contributed by atoms with Crippen LogP contribution in [0.2, 0.25) is 0 Å². The molecule has 1 rings (SSSR count). The van der Waals surface area contributed by atoms with Crippen molar-refractivity contribution in [3.05, 3.63) is 5.56 Å². The Hall–Kier alpha value is -1.23. The predicted octanol–water partition coefficient (Wildman–Crippen LogP) is 0.165. The molecule has 0 radical (unpaired) electrons. The summed E-state index contributed by atoms with van der Waals surface area (Å²) in [5.74, 6) is 1.10. The average molecular weight is 185 g/mol. The van der Waals surface area contributed by atoms with Crippen LogP contribution in [0.1, 0.15) is 12.5 Å². The minimum absolute atomic E-state index is 0.0247. The molecule has 0 atom stereocenters. The number of anilines is 1. The highest BCUT2D eigenvalue weighted by Crippen LogP contribution is 2.21. The molecular formula is C8H15N3O2. The van der Waals surface area contributed by atoms with Crippen LogP contribution in [0.3, 0.4) is 0 Å². The maximum absolute atomic E-state index is 8.72. The molecule has 0 spiro atoms. The minimum atomic E-state index is 0.0247. The summed E-state index contributed by atoms with van der Waals surface area (Å²) >= 11 is 0. The van der Waals surface area contributed by atoms with Crippen molar-refractivity contribution in [1.82, 2.24) is 9.78 Å². The first kappa shape index (κ1) is 9.85. The van der Waals surface area contributed by atoms with Crippen LogP contribution in [0.4, 0.5) is 5.82 Å². The monoisotopic (exact) mass is 185 g/mol. The van der Waals surface area contributed by atoms with E-state index >= 15 is 0 Å². The highest BCUT2D eigenvalue weighted by molar-refractivity contribution is 5.45. The Morgan fingerprint density at radius 2 is 2.31 bits per heavy atom. The lowest BCUT2D eigenvalue weighted by molar-refractivity contribution is 0.265. The van der Waals surface area contributed by atoms with Gasteiger partial charge in [0.1, 0.15) is 5.82 Å². The Bertz CT molecular complexity index is 257. The molecule has 1 aromatic rings. The van der Waals surface area contributed by atoms with E-state index in [-0.39, 0.29) is 6.61 Å². The summed E-state index contributed by atoms with van der Waals surface area (Å²) in [6, 6.07) is 0. The van der Waals surface area contributed by atoms with Crippen LogP contribution < -0.4 is 10.5 Å². The maximum atomic E-state index is 8.72. The minimum Gasteiger partial charge on any atom is -0.477 e. The first-order chi connectivity index (χ1) is 6.20. The zero-order chi connectivity index (χ0) is 9.84. The van der Waals surface area contributed by atoms with Gasteiger partial charge in [-0.05, 0) is 13.8 Å². The fourth-order valence-corrected chi connectivity index (χ4v) is 1.08.